The van der Waals surface area contributed by atoms with Crippen molar-refractivity contribution in [2.45, 2.75) is 24.7 Å². The van der Waals surface area contributed by atoms with Crippen LogP contribution < -0.4 is 4.74 Å². The van der Waals surface area contributed by atoms with Crippen molar-refractivity contribution < 1.29 is 27.4 Å². The molecule has 4 rings (SSSR count). The quantitative estimate of drug-likeness (QED) is 0.246. The zero-order valence-electron chi connectivity index (χ0n) is 14.8. The summed E-state index contributed by atoms with van der Waals surface area (Å²) in [4.78, 5) is 7.66. The van der Waals surface area contributed by atoms with Crippen molar-refractivity contribution in [3.05, 3.63) is 45.9 Å². The first kappa shape index (κ1) is 24.3. The van der Waals surface area contributed by atoms with E-state index in [4.69, 9.17) is 9.84 Å². The molecule has 1 N–H and O–H groups in total. The molecule has 2 heterocycles. The van der Waals surface area contributed by atoms with E-state index in [0.29, 0.717) is 15.7 Å². The molecule has 2 fully saturated rings. The molecule has 0 aromatic carbocycles. The van der Waals surface area contributed by atoms with Crippen LogP contribution in [0.1, 0.15) is 12.8 Å². The number of ether oxygens (including phenoxy) is 1. The highest BCUT2D eigenvalue weighted by Crippen LogP contribution is 2.49. The second kappa shape index (κ2) is 10.4. The van der Waals surface area contributed by atoms with Gasteiger partial charge in [0.05, 0.1) is 24.9 Å². The molecular formula is C18H17Br3F4N2O2. The van der Waals surface area contributed by atoms with Gasteiger partial charge in [0.1, 0.15) is 20.7 Å². The summed E-state index contributed by atoms with van der Waals surface area (Å²) in [6, 6.07) is 6.64. The predicted octanol–water partition coefficient (Wildman–Crippen LogP) is 6.46. The van der Waals surface area contributed by atoms with Crippen LogP contribution in [0.4, 0.5) is 17.6 Å². The first-order valence-electron chi connectivity index (χ1n) is 8.40. The molecule has 0 amide bonds. The van der Waals surface area contributed by atoms with Crippen molar-refractivity contribution in [1.29, 1.82) is 0 Å². The van der Waals surface area contributed by atoms with Crippen LogP contribution in [0.15, 0.2) is 45.9 Å². The summed E-state index contributed by atoms with van der Waals surface area (Å²) < 4.78 is 55.0. The number of pyridine rings is 2. The first-order chi connectivity index (χ1) is 13.5. The fourth-order valence-corrected chi connectivity index (χ4v) is 3.07. The third-order valence-corrected chi connectivity index (χ3v) is 5.68. The van der Waals surface area contributed by atoms with Crippen molar-refractivity contribution in [1.82, 2.24) is 9.97 Å². The third kappa shape index (κ3) is 8.75. The Kier molecular flexibility index (Phi) is 8.72. The van der Waals surface area contributed by atoms with Crippen molar-refractivity contribution in [3.63, 3.8) is 0 Å². The molecule has 11 heteroatoms. The Morgan fingerprint density at radius 1 is 0.931 bits per heavy atom. The van der Waals surface area contributed by atoms with Crippen LogP contribution in [0, 0.1) is 11.8 Å². The van der Waals surface area contributed by atoms with Crippen LogP contribution in [-0.2, 0) is 0 Å². The molecule has 2 saturated carbocycles. The van der Waals surface area contributed by atoms with Crippen molar-refractivity contribution >= 4 is 47.8 Å². The average molecular weight is 609 g/mol. The van der Waals surface area contributed by atoms with E-state index in [1.807, 2.05) is 0 Å². The van der Waals surface area contributed by atoms with Crippen LogP contribution in [-0.4, -0.2) is 38.9 Å². The van der Waals surface area contributed by atoms with E-state index in [9.17, 15) is 17.6 Å². The van der Waals surface area contributed by atoms with E-state index in [0.717, 1.165) is 4.60 Å². The molecular weight excluding hydrogens is 592 g/mol. The van der Waals surface area contributed by atoms with Gasteiger partial charge in [-0.3, -0.25) is 0 Å². The summed E-state index contributed by atoms with van der Waals surface area (Å²) in [6.45, 7) is 0.0658. The monoisotopic (exact) mass is 606 g/mol. The van der Waals surface area contributed by atoms with E-state index < -0.39 is 17.8 Å². The predicted molar refractivity (Wildman–Crippen MR) is 111 cm³/mol. The minimum absolute atomic E-state index is 0.0586. The van der Waals surface area contributed by atoms with E-state index in [1.54, 1.807) is 24.3 Å². The highest BCUT2D eigenvalue weighted by molar-refractivity contribution is 9.10. The van der Waals surface area contributed by atoms with Crippen LogP contribution in [0.25, 0.3) is 0 Å². The number of nitrogens with zero attached hydrogens (tertiary/aromatic N) is 2. The lowest BCUT2D eigenvalue weighted by atomic mass is 10.4. The smallest absolute Gasteiger partial charge is 0.255 e. The van der Waals surface area contributed by atoms with E-state index in [2.05, 4.69) is 57.8 Å². The van der Waals surface area contributed by atoms with Gasteiger partial charge in [-0.2, -0.15) is 0 Å². The fraction of sp³-hybridized carbons (Fsp3) is 0.444. The van der Waals surface area contributed by atoms with Gasteiger partial charge in [0.2, 0.25) is 0 Å². The number of hydrogen-bond acceptors (Lipinski definition) is 4. The lowest BCUT2D eigenvalue weighted by Gasteiger charge is -2.04. The number of alkyl halides is 5. The Bertz CT molecular complexity index is 759. The Balaban J connectivity index is 0.000000170. The molecule has 160 valence electrons. The zero-order valence-corrected chi connectivity index (χ0v) is 19.6. The molecule has 2 atom stereocenters. The van der Waals surface area contributed by atoms with Gasteiger partial charge in [-0.1, -0.05) is 15.9 Å². The summed E-state index contributed by atoms with van der Waals surface area (Å²) in [5, 5.41) is 9.12. The standard InChI is InChI=1S/C9H8BrF2NO.C5H4BrNO.C4H5BrF2/c10-8-2-1-7(4-13-8)14-5-6-3-9(6,11)12;6-5-2-1-4(8)3-7-5;5-2-3-1-4(3,6)7/h1-2,4,6H,3,5H2;1-3,8H;3H,1-2H2. The Morgan fingerprint density at radius 2 is 1.45 bits per heavy atom. The molecule has 2 aromatic rings. The van der Waals surface area contributed by atoms with E-state index >= 15 is 0 Å². The normalized spacial score (nSPS) is 22.3. The maximum atomic E-state index is 12.5. The molecule has 2 unspecified atom stereocenters. The zero-order chi connectivity index (χ0) is 21.7. The van der Waals surface area contributed by atoms with E-state index in [-0.39, 0.29) is 31.1 Å². The molecule has 0 spiro atoms. The van der Waals surface area contributed by atoms with Gasteiger partial charge in [0, 0.05) is 24.1 Å². The maximum absolute atomic E-state index is 12.5. The number of aromatic hydroxyl groups is 1. The average Bonchev–Trinajstić information content (AvgIpc) is 3.51. The molecule has 29 heavy (non-hydrogen) atoms. The summed E-state index contributed by atoms with van der Waals surface area (Å²) in [7, 11) is 0. The van der Waals surface area contributed by atoms with Gasteiger partial charge in [0.25, 0.3) is 11.8 Å². The molecule has 0 aliphatic heterocycles. The molecule has 4 nitrogen and oxygen atoms in total. The molecule has 2 aromatic heterocycles. The van der Waals surface area contributed by atoms with Gasteiger partial charge in [-0.05, 0) is 56.1 Å². The topological polar surface area (TPSA) is 55.2 Å². The third-order valence-electron chi connectivity index (χ3n) is 3.96. The minimum atomic E-state index is -2.51. The van der Waals surface area contributed by atoms with Crippen LogP contribution in [0.2, 0.25) is 0 Å². The van der Waals surface area contributed by atoms with Crippen molar-refractivity contribution in [2.75, 3.05) is 11.9 Å². The van der Waals surface area contributed by atoms with Crippen LogP contribution in [0.5, 0.6) is 11.5 Å². The number of aromatic nitrogens is 2. The minimum Gasteiger partial charge on any atom is -0.506 e. The number of halogens is 7. The van der Waals surface area contributed by atoms with Crippen LogP contribution in [0.3, 0.4) is 0 Å². The van der Waals surface area contributed by atoms with Crippen molar-refractivity contribution in [2.24, 2.45) is 11.8 Å². The summed E-state index contributed by atoms with van der Waals surface area (Å²) in [5.74, 6) is -5.12. The second-order valence-electron chi connectivity index (χ2n) is 6.45. The molecule has 0 bridgehead atoms. The highest BCUT2D eigenvalue weighted by Gasteiger charge is 2.57. The molecule has 0 radical (unpaired) electrons. The van der Waals surface area contributed by atoms with Gasteiger partial charge in [-0.25, -0.2) is 27.5 Å². The Labute approximate surface area is 190 Å². The first-order valence-corrected chi connectivity index (χ1v) is 11.1. The van der Waals surface area contributed by atoms with Gasteiger partial charge >= 0.3 is 0 Å². The van der Waals surface area contributed by atoms with Gasteiger partial charge < -0.3 is 9.84 Å². The summed E-state index contributed by atoms with van der Waals surface area (Å²) in [5.41, 5.74) is 0. The molecule has 2 aliphatic carbocycles. The maximum Gasteiger partial charge on any atom is 0.255 e. The van der Waals surface area contributed by atoms with E-state index in [1.165, 1.54) is 12.4 Å². The Morgan fingerprint density at radius 3 is 1.76 bits per heavy atom. The largest absolute Gasteiger partial charge is 0.506 e. The van der Waals surface area contributed by atoms with Crippen LogP contribution >= 0.6 is 47.8 Å². The molecule has 0 saturated heterocycles. The SMILES string of the molecule is FC1(F)CC1CBr.FC1(F)CC1COc1ccc(Br)nc1.Oc1ccc(Br)nc1. The van der Waals surface area contributed by atoms with Crippen molar-refractivity contribution in [3.8, 4) is 11.5 Å². The highest BCUT2D eigenvalue weighted by atomic mass is 79.9. The van der Waals surface area contributed by atoms with Gasteiger partial charge in [-0.15, -0.1) is 0 Å². The van der Waals surface area contributed by atoms with Gasteiger partial charge in [0.15, 0.2) is 0 Å². The lowest BCUT2D eigenvalue weighted by molar-refractivity contribution is 0.0855. The Hall–Kier alpha value is -0.940. The summed E-state index contributed by atoms with van der Waals surface area (Å²) in [6.07, 6.45) is 2.91. The fourth-order valence-electron chi connectivity index (χ4n) is 1.90. The molecule has 2 aliphatic rings. The summed E-state index contributed by atoms with van der Waals surface area (Å²) >= 11 is 9.26. The number of rotatable bonds is 4. The second-order valence-corrected chi connectivity index (χ2v) is 8.72. The lowest BCUT2D eigenvalue weighted by Crippen LogP contribution is -2.05. The number of hydrogen-bond donors (Lipinski definition) is 1.